The molecule has 0 bridgehead atoms. The van der Waals surface area contributed by atoms with Gasteiger partial charge in [-0.25, -0.2) is 0 Å². The van der Waals surface area contributed by atoms with E-state index in [9.17, 15) is 4.79 Å². The number of likely N-dealkylation sites (tertiary alicyclic amines) is 2. The van der Waals surface area contributed by atoms with Crippen LogP contribution in [-0.2, 0) is 20.9 Å². The zero-order valence-corrected chi connectivity index (χ0v) is 15.6. The van der Waals surface area contributed by atoms with Gasteiger partial charge in [0.05, 0.1) is 24.7 Å². The van der Waals surface area contributed by atoms with Gasteiger partial charge in [-0.1, -0.05) is 6.07 Å². The lowest BCUT2D eigenvalue weighted by molar-refractivity contribution is -0.155. The fourth-order valence-electron chi connectivity index (χ4n) is 4.56. The SMILES string of the molecule is CN1CC[C@H](COCc2cccnc2)CC12CN(C(=O)[C@H]1CCOC1)C2. The Hall–Kier alpha value is -1.50. The second-order valence-corrected chi connectivity index (χ2v) is 8.14. The molecule has 0 radical (unpaired) electrons. The molecular weight excluding hydrogens is 330 g/mol. The Morgan fingerprint density at radius 2 is 2.31 bits per heavy atom. The monoisotopic (exact) mass is 359 g/mol. The van der Waals surface area contributed by atoms with Crippen molar-refractivity contribution in [1.29, 1.82) is 0 Å². The standard InChI is InChI=1S/C20H29N3O3/c1-22-7-4-16(11-26-12-17-3-2-6-21-10-17)9-20(22)14-23(15-20)19(24)18-5-8-25-13-18/h2-3,6,10,16,18H,4-5,7-9,11-15H2,1H3/t16-,18-/m0/s1. The van der Waals surface area contributed by atoms with E-state index < -0.39 is 0 Å². The molecule has 6 nitrogen and oxygen atoms in total. The third kappa shape index (κ3) is 3.63. The number of pyridine rings is 1. The number of carbonyl (C=O) groups excluding carboxylic acids is 1. The van der Waals surface area contributed by atoms with E-state index in [1.807, 2.05) is 23.2 Å². The molecule has 4 heterocycles. The van der Waals surface area contributed by atoms with E-state index in [4.69, 9.17) is 9.47 Å². The summed E-state index contributed by atoms with van der Waals surface area (Å²) in [6.07, 6.45) is 6.80. The van der Waals surface area contributed by atoms with Gasteiger partial charge in [-0.2, -0.15) is 0 Å². The van der Waals surface area contributed by atoms with Gasteiger partial charge >= 0.3 is 0 Å². The Bertz CT molecular complexity index is 612. The zero-order valence-electron chi connectivity index (χ0n) is 15.6. The van der Waals surface area contributed by atoms with Crippen molar-refractivity contribution >= 4 is 5.91 Å². The third-order valence-electron chi connectivity index (χ3n) is 6.26. The molecule has 2 atom stereocenters. The van der Waals surface area contributed by atoms with E-state index in [-0.39, 0.29) is 17.4 Å². The maximum absolute atomic E-state index is 12.6. The molecule has 3 fully saturated rings. The molecule has 142 valence electrons. The Balaban J connectivity index is 1.26. The summed E-state index contributed by atoms with van der Waals surface area (Å²) in [7, 11) is 2.20. The number of hydrogen-bond acceptors (Lipinski definition) is 5. The Morgan fingerprint density at radius 1 is 1.42 bits per heavy atom. The van der Waals surface area contributed by atoms with Gasteiger partial charge in [-0.15, -0.1) is 0 Å². The average Bonchev–Trinajstić information content (AvgIpc) is 3.16. The Morgan fingerprint density at radius 3 is 3.04 bits per heavy atom. The number of likely N-dealkylation sites (N-methyl/N-ethyl adjacent to an activating group) is 1. The van der Waals surface area contributed by atoms with Gasteiger partial charge in [-0.3, -0.25) is 14.7 Å². The first-order valence-corrected chi connectivity index (χ1v) is 9.71. The number of carbonyl (C=O) groups is 1. The summed E-state index contributed by atoms with van der Waals surface area (Å²) in [5.74, 6) is 0.936. The summed E-state index contributed by atoms with van der Waals surface area (Å²) >= 11 is 0. The predicted octanol–water partition coefficient (Wildman–Crippen LogP) is 1.56. The second kappa shape index (κ2) is 7.62. The zero-order chi connectivity index (χ0) is 18.0. The minimum atomic E-state index is 0.0832. The molecule has 3 aliphatic rings. The number of amides is 1. The second-order valence-electron chi connectivity index (χ2n) is 8.14. The summed E-state index contributed by atoms with van der Waals surface area (Å²) in [6, 6.07) is 3.99. The van der Waals surface area contributed by atoms with Crippen LogP contribution in [-0.4, -0.2) is 72.7 Å². The van der Waals surface area contributed by atoms with Gasteiger partial charge in [0.1, 0.15) is 0 Å². The van der Waals surface area contributed by atoms with Crippen LogP contribution in [0.25, 0.3) is 0 Å². The van der Waals surface area contributed by atoms with Gasteiger partial charge in [0, 0.05) is 38.7 Å². The van der Waals surface area contributed by atoms with Crippen LogP contribution in [0.1, 0.15) is 24.8 Å². The van der Waals surface area contributed by atoms with Crippen molar-refractivity contribution in [2.75, 3.05) is 46.5 Å². The number of piperidine rings is 1. The fraction of sp³-hybridized carbons (Fsp3) is 0.700. The molecular formula is C20H29N3O3. The van der Waals surface area contributed by atoms with Crippen LogP contribution < -0.4 is 0 Å². The smallest absolute Gasteiger partial charge is 0.228 e. The molecule has 0 aliphatic carbocycles. The first-order valence-electron chi connectivity index (χ1n) is 9.71. The third-order valence-corrected chi connectivity index (χ3v) is 6.26. The summed E-state index contributed by atoms with van der Waals surface area (Å²) < 4.78 is 11.3. The first kappa shape index (κ1) is 17.9. The minimum absolute atomic E-state index is 0.0832. The fourth-order valence-corrected chi connectivity index (χ4v) is 4.56. The van der Waals surface area contributed by atoms with Gasteiger partial charge in [0.2, 0.25) is 5.91 Å². The van der Waals surface area contributed by atoms with Gasteiger partial charge < -0.3 is 14.4 Å². The topological polar surface area (TPSA) is 54.9 Å². The van der Waals surface area contributed by atoms with Crippen LogP contribution >= 0.6 is 0 Å². The van der Waals surface area contributed by atoms with E-state index in [2.05, 4.69) is 16.9 Å². The number of hydrogen-bond donors (Lipinski definition) is 0. The van der Waals surface area contributed by atoms with E-state index >= 15 is 0 Å². The predicted molar refractivity (Wildman–Crippen MR) is 97.5 cm³/mol. The quantitative estimate of drug-likeness (QED) is 0.799. The van der Waals surface area contributed by atoms with Crippen LogP contribution in [0.3, 0.4) is 0 Å². The van der Waals surface area contributed by atoms with E-state index in [1.165, 1.54) is 0 Å². The minimum Gasteiger partial charge on any atom is -0.381 e. The maximum atomic E-state index is 12.6. The highest BCUT2D eigenvalue weighted by molar-refractivity contribution is 5.80. The molecule has 1 amide bonds. The van der Waals surface area contributed by atoms with Crippen LogP contribution in [0.4, 0.5) is 0 Å². The normalized spacial score (nSPS) is 28.3. The highest BCUT2D eigenvalue weighted by Gasteiger charge is 2.51. The molecule has 1 aromatic rings. The lowest BCUT2D eigenvalue weighted by Crippen LogP contribution is -2.73. The van der Waals surface area contributed by atoms with Crippen LogP contribution in [0.5, 0.6) is 0 Å². The van der Waals surface area contributed by atoms with Gasteiger partial charge in [-0.05, 0) is 50.4 Å². The Kier molecular flexibility index (Phi) is 5.25. The number of nitrogens with zero attached hydrogens (tertiary/aromatic N) is 3. The van der Waals surface area contributed by atoms with Crippen LogP contribution in [0.15, 0.2) is 24.5 Å². The van der Waals surface area contributed by atoms with E-state index in [0.717, 1.165) is 57.7 Å². The highest BCUT2D eigenvalue weighted by Crippen LogP contribution is 2.39. The maximum Gasteiger partial charge on any atom is 0.228 e. The molecule has 3 aliphatic heterocycles. The van der Waals surface area contributed by atoms with E-state index in [0.29, 0.717) is 19.1 Å². The molecule has 0 saturated carbocycles. The van der Waals surface area contributed by atoms with Crippen molar-refractivity contribution in [1.82, 2.24) is 14.8 Å². The number of rotatable bonds is 5. The van der Waals surface area contributed by atoms with Crippen molar-refractivity contribution in [3.05, 3.63) is 30.1 Å². The number of aromatic nitrogens is 1. The van der Waals surface area contributed by atoms with Crippen molar-refractivity contribution in [2.24, 2.45) is 11.8 Å². The van der Waals surface area contributed by atoms with Crippen LogP contribution in [0.2, 0.25) is 0 Å². The molecule has 1 aromatic heterocycles. The molecule has 4 rings (SSSR count). The Labute approximate surface area is 155 Å². The van der Waals surface area contributed by atoms with Crippen molar-refractivity contribution in [3.8, 4) is 0 Å². The summed E-state index contributed by atoms with van der Waals surface area (Å²) in [5.41, 5.74) is 1.27. The first-order chi connectivity index (χ1) is 12.7. The molecule has 6 heteroatoms. The molecule has 1 spiro atoms. The molecule has 0 unspecified atom stereocenters. The van der Waals surface area contributed by atoms with Gasteiger partial charge in [0.15, 0.2) is 0 Å². The molecule has 26 heavy (non-hydrogen) atoms. The average molecular weight is 359 g/mol. The highest BCUT2D eigenvalue weighted by atomic mass is 16.5. The van der Waals surface area contributed by atoms with Crippen molar-refractivity contribution in [2.45, 2.75) is 31.4 Å². The van der Waals surface area contributed by atoms with Crippen molar-refractivity contribution in [3.63, 3.8) is 0 Å². The summed E-state index contributed by atoms with van der Waals surface area (Å²) in [5, 5.41) is 0. The largest absolute Gasteiger partial charge is 0.381 e. The lowest BCUT2D eigenvalue weighted by atomic mass is 9.75. The molecule has 3 saturated heterocycles. The number of ether oxygens (including phenoxy) is 2. The van der Waals surface area contributed by atoms with Crippen molar-refractivity contribution < 1.29 is 14.3 Å². The van der Waals surface area contributed by atoms with Gasteiger partial charge in [0.25, 0.3) is 0 Å². The molecule has 0 N–H and O–H groups in total. The summed E-state index contributed by atoms with van der Waals surface area (Å²) in [4.78, 5) is 21.2. The summed E-state index contributed by atoms with van der Waals surface area (Å²) in [6.45, 7) is 5.54. The van der Waals surface area contributed by atoms with E-state index in [1.54, 1.807) is 6.20 Å². The molecule has 0 aromatic carbocycles. The lowest BCUT2D eigenvalue weighted by Gasteiger charge is -2.59. The van der Waals surface area contributed by atoms with Crippen LogP contribution in [0, 0.1) is 11.8 Å².